The van der Waals surface area contributed by atoms with Crippen molar-refractivity contribution in [2.75, 3.05) is 25.0 Å². The molecule has 1 saturated heterocycles. The predicted octanol–water partition coefficient (Wildman–Crippen LogP) is 1.69. The van der Waals surface area contributed by atoms with Crippen LogP contribution >= 0.6 is 0 Å². The van der Waals surface area contributed by atoms with Gasteiger partial charge in [-0.3, -0.25) is 9.59 Å². The standard InChI is InChI=1S/C17H18N4O3/c22-16-10-24-15-8-12(3-4-14(15)19-16)17(23)20-6-1-2-13(9-20)21-7-5-18-11-21/h3-5,7-8,11,13H,1-2,6,9-10H2,(H,19,22)/t13-/m0/s1. The average molecular weight is 326 g/mol. The van der Waals surface area contributed by atoms with Gasteiger partial charge in [-0.15, -0.1) is 0 Å². The van der Waals surface area contributed by atoms with Crippen LogP contribution in [-0.2, 0) is 4.79 Å². The zero-order chi connectivity index (χ0) is 16.5. The highest BCUT2D eigenvalue weighted by Gasteiger charge is 2.26. The summed E-state index contributed by atoms with van der Waals surface area (Å²) in [6.45, 7) is 1.40. The van der Waals surface area contributed by atoms with Gasteiger partial charge in [-0.2, -0.15) is 0 Å². The minimum Gasteiger partial charge on any atom is -0.482 e. The van der Waals surface area contributed by atoms with Crippen LogP contribution in [0.1, 0.15) is 29.2 Å². The number of nitrogens with one attached hydrogen (secondary N) is 1. The van der Waals surface area contributed by atoms with E-state index in [1.807, 2.05) is 11.1 Å². The van der Waals surface area contributed by atoms with Crippen LogP contribution in [0.3, 0.4) is 0 Å². The van der Waals surface area contributed by atoms with Gasteiger partial charge in [-0.05, 0) is 31.0 Å². The van der Waals surface area contributed by atoms with Gasteiger partial charge in [0.2, 0.25) is 0 Å². The number of likely N-dealkylation sites (tertiary alicyclic amines) is 1. The summed E-state index contributed by atoms with van der Waals surface area (Å²) in [6, 6.07) is 5.42. The SMILES string of the molecule is O=C1COc2cc(C(=O)N3CCC[C@H](n4ccnc4)C3)ccc2N1. The van der Waals surface area contributed by atoms with Gasteiger partial charge >= 0.3 is 0 Å². The summed E-state index contributed by atoms with van der Waals surface area (Å²) in [6.07, 6.45) is 7.50. The number of rotatable bonds is 2. The normalized spacial score (nSPS) is 20.1. The van der Waals surface area contributed by atoms with Crippen molar-refractivity contribution < 1.29 is 14.3 Å². The van der Waals surface area contributed by atoms with Crippen LogP contribution in [0.25, 0.3) is 0 Å². The summed E-state index contributed by atoms with van der Waals surface area (Å²) in [5.74, 6) is 0.354. The Morgan fingerprint density at radius 3 is 3.12 bits per heavy atom. The van der Waals surface area contributed by atoms with E-state index in [4.69, 9.17) is 4.74 Å². The summed E-state index contributed by atoms with van der Waals surface area (Å²) in [4.78, 5) is 30.1. The first-order valence-electron chi connectivity index (χ1n) is 8.04. The molecule has 1 N–H and O–H groups in total. The van der Waals surface area contributed by atoms with E-state index < -0.39 is 0 Å². The average Bonchev–Trinajstić information content (AvgIpc) is 3.15. The van der Waals surface area contributed by atoms with Crippen molar-refractivity contribution in [3.8, 4) is 5.75 Å². The maximum Gasteiger partial charge on any atom is 0.262 e. The predicted molar refractivity (Wildman–Crippen MR) is 87.0 cm³/mol. The number of fused-ring (bicyclic) bond motifs is 1. The number of carbonyl (C=O) groups excluding carboxylic acids is 2. The second kappa shape index (κ2) is 5.99. The minimum absolute atomic E-state index is 0.0110. The number of nitrogens with zero attached hydrogens (tertiary/aromatic N) is 3. The molecule has 0 radical (unpaired) electrons. The number of benzene rings is 1. The quantitative estimate of drug-likeness (QED) is 0.911. The molecule has 0 aliphatic carbocycles. The van der Waals surface area contributed by atoms with Gasteiger partial charge in [0.25, 0.3) is 11.8 Å². The van der Waals surface area contributed by atoms with Gasteiger partial charge in [-0.1, -0.05) is 0 Å². The van der Waals surface area contributed by atoms with Crippen LogP contribution in [0.5, 0.6) is 5.75 Å². The molecule has 2 aliphatic rings. The summed E-state index contributed by atoms with van der Waals surface area (Å²) in [7, 11) is 0. The van der Waals surface area contributed by atoms with Crippen LogP contribution in [0.2, 0.25) is 0 Å². The first-order valence-corrected chi connectivity index (χ1v) is 8.04. The Kier molecular flexibility index (Phi) is 3.68. The Labute approximate surface area is 139 Å². The van der Waals surface area contributed by atoms with Crippen LogP contribution in [0.4, 0.5) is 5.69 Å². The molecule has 0 saturated carbocycles. The molecule has 3 heterocycles. The zero-order valence-electron chi connectivity index (χ0n) is 13.1. The number of hydrogen-bond donors (Lipinski definition) is 1. The molecule has 124 valence electrons. The highest BCUT2D eigenvalue weighted by molar-refractivity contribution is 5.99. The second-order valence-corrected chi connectivity index (χ2v) is 6.10. The number of ether oxygens (including phenoxy) is 1. The number of aromatic nitrogens is 2. The number of anilines is 1. The second-order valence-electron chi connectivity index (χ2n) is 6.10. The third kappa shape index (κ3) is 2.73. The van der Waals surface area contributed by atoms with Crippen LogP contribution in [-0.4, -0.2) is 46.0 Å². The van der Waals surface area contributed by atoms with Crippen LogP contribution in [0, 0.1) is 0 Å². The van der Waals surface area contributed by atoms with Crippen molar-refractivity contribution in [3.63, 3.8) is 0 Å². The van der Waals surface area contributed by atoms with E-state index in [2.05, 4.69) is 14.9 Å². The first-order chi connectivity index (χ1) is 11.7. The molecule has 2 amide bonds. The van der Waals surface area contributed by atoms with Crippen molar-refractivity contribution >= 4 is 17.5 Å². The van der Waals surface area contributed by atoms with E-state index in [0.29, 0.717) is 23.5 Å². The molecule has 0 spiro atoms. The lowest BCUT2D eigenvalue weighted by Crippen LogP contribution is -2.40. The third-order valence-corrected chi connectivity index (χ3v) is 4.49. The topological polar surface area (TPSA) is 76.5 Å². The molecule has 1 fully saturated rings. The third-order valence-electron chi connectivity index (χ3n) is 4.49. The molecule has 24 heavy (non-hydrogen) atoms. The zero-order valence-corrected chi connectivity index (χ0v) is 13.1. The minimum atomic E-state index is -0.180. The van der Waals surface area contributed by atoms with Gasteiger partial charge in [-0.25, -0.2) is 4.98 Å². The molecule has 1 atom stereocenters. The molecule has 7 nitrogen and oxygen atoms in total. The molecule has 0 unspecified atom stereocenters. The molecule has 1 aromatic carbocycles. The Balaban J connectivity index is 1.52. The number of piperidine rings is 1. The Bertz CT molecular complexity index is 772. The summed E-state index contributed by atoms with van der Waals surface area (Å²) < 4.78 is 7.46. The number of amides is 2. The van der Waals surface area contributed by atoms with Gasteiger partial charge in [0.1, 0.15) is 5.75 Å². The monoisotopic (exact) mass is 326 g/mol. The number of imidazole rings is 1. The van der Waals surface area contributed by atoms with E-state index in [0.717, 1.165) is 19.4 Å². The Morgan fingerprint density at radius 1 is 1.38 bits per heavy atom. The fourth-order valence-electron chi connectivity index (χ4n) is 3.26. The lowest BCUT2D eigenvalue weighted by Gasteiger charge is -2.33. The van der Waals surface area contributed by atoms with E-state index >= 15 is 0 Å². The molecule has 4 rings (SSSR count). The van der Waals surface area contributed by atoms with Crippen molar-refractivity contribution in [3.05, 3.63) is 42.5 Å². The van der Waals surface area contributed by atoms with Gasteiger partial charge in [0, 0.05) is 31.0 Å². The van der Waals surface area contributed by atoms with Crippen molar-refractivity contribution in [1.82, 2.24) is 14.5 Å². The van der Waals surface area contributed by atoms with Crippen molar-refractivity contribution in [2.24, 2.45) is 0 Å². The summed E-state index contributed by atoms with van der Waals surface area (Å²) in [5.41, 5.74) is 1.19. The van der Waals surface area contributed by atoms with E-state index in [-0.39, 0.29) is 24.5 Å². The lowest BCUT2D eigenvalue weighted by atomic mass is 10.0. The Morgan fingerprint density at radius 2 is 2.29 bits per heavy atom. The van der Waals surface area contributed by atoms with Gasteiger partial charge < -0.3 is 19.5 Å². The van der Waals surface area contributed by atoms with Crippen molar-refractivity contribution in [2.45, 2.75) is 18.9 Å². The van der Waals surface area contributed by atoms with E-state index in [1.165, 1.54) is 0 Å². The molecular formula is C17H18N4O3. The van der Waals surface area contributed by atoms with Gasteiger partial charge in [0.05, 0.1) is 18.1 Å². The lowest BCUT2D eigenvalue weighted by molar-refractivity contribution is -0.118. The van der Waals surface area contributed by atoms with Crippen LogP contribution < -0.4 is 10.1 Å². The first kappa shape index (κ1) is 14.7. The van der Waals surface area contributed by atoms with E-state index in [9.17, 15) is 9.59 Å². The molecule has 2 aromatic rings. The fourth-order valence-corrected chi connectivity index (χ4v) is 3.26. The van der Waals surface area contributed by atoms with Crippen LogP contribution in [0.15, 0.2) is 36.9 Å². The summed E-state index contributed by atoms with van der Waals surface area (Å²) in [5, 5.41) is 2.73. The molecule has 7 heteroatoms. The maximum atomic E-state index is 12.8. The van der Waals surface area contributed by atoms with E-state index in [1.54, 1.807) is 30.7 Å². The number of hydrogen-bond acceptors (Lipinski definition) is 4. The molecular weight excluding hydrogens is 308 g/mol. The van der Waals surface area contributed by atoms with Gasteiger partial charge in [0.15, 0.2) is 6.61 Å². The fraction of sp³-hybridized carbons (Fsp3) is 0.353. The largest absolute Gasteiger partial charge is 0.482 e. The highest BCUT2D eigenvalue weighted by Crippen LogP contribution is 2.30. The smallest absolute Gasteiger partial charge is 0.262 e. The van der Waals surface area contributed by atoms with Crippen molar-refractivity contribution in [1.29, 1.82) is 0 Å². The summed E-state index contributed by atoms with van der Waals surface area (Å²) >= 11 is 0. The molecule has 0 bridgehead atoms. The molecule has 2 aliphatic heterocycles. The molecule has 1 aromatic heterocycles. The highest BCUT2D eigenvalue weighted by atomic mass is 16.5. The maximum absolute atomic E-state index is 12.8. The number of carbonyl (C=O) groups is 2. The Hall–Kier alpha value is -2.83.